The molecule has 0 amide bonds. The van der Waals surface area contributed by atoms with E-state index in [1.807, 2.05) is 6.92 Å². The van der Waals surface area contributed by atoms with Crippen LogP contribution in [0, 0.1) is 0 Å². The quantitative estimate of drug-likeness (QED) is 0.682. The summed E-state index contributed by atoms with van der Waals surface area (Å²) in [6.45, 7) is 3.96. The highest BCUT2D eigenvalue weighted by atomic mass is 16.5. The third kappa shape index (κ3) is 2.29. The SMILES string of the molecule is CCOC(=O)c1n[nH]c(C(N)CC)n1. The van der Waals surface area contributed by atoms with E-state index in [-0.39, 0.29) is 11.9 Å². The maximum atomic E-state index is 11.2. The highest BCUT2D eigenvalue weighted by molar-refractivity contribution is 5.84. The molecule has 0 aliphatic heterocycles. The summed E-state index contributed by atoms with van der Waals surface area (Å²) < 4.78 is 4.73. The number of ether oxygens (including phenoxy) is 1. The third-order valence-corrected chi connectivity index (χ3v) is 1.75. The first-order chi connectivity index (χ1) is 6.69. The predicted octanol–water partition coefficient (Wildman–Crippen LogP) is 0.391. The number of esters is 1. The molecule has 1 heterocycles. The predicted molar refractivity (Wildman–Crippen MR) is 49.6 cm³/mol. The number of aromatic nitrogens is 3. The van der Waals surface area contributed by atoms with Gasteiger partial charge in [-0.15, -0.1) is 5.10 Å². The fourth-order valence-corrected chi connectivity index (χ4v) is 0.920. The zero-order chi connectivity index (χ0) is 10.6. The Morgan fingerprint density at radius 1 is 1.64 bits per heavy atom. The van der Waals surface area contributed by atoms with Crippen molar-refractivity contribution in [1.82, 2.24) is 15.2 Å². The number of carbonyl (C=O) groups excluding carboxylic acids is 1. The van der Waals surface area contributed by atoms with E-state index in [0.29, 0.717) is 12.4 Å². The van der Waals surface area contributed by atoms with Gasteiger partial charge in [-0.1, -0.05) is 6.92 Å². The summed E-state index contributed by atoms with van der Waals surface area (Å²) in [5, 5.41) is 6.32. The van der Waals surface area contributed by atoms with Crippen molar-refractivity contribution in [2.24, 2.45) is 5.73 Å². The van der Waals surface area contributed by atoms with Gasteiger partial charge in [0.2, 0.25) is 0 Å². The summed E-state index contributed by atoms with van der Waals surface area (Å²) in [6.07, 6.45) is 0.734. The van der Waals surface area contributed by atoms with E-state index in [2.05, 4.69) is 15.2 Å². The van der Waals surface area contributed by atoms with Crippen molar-refractivity contribution in [2.75, 3.05) is 6.61 Å². The summed E-state index contributed by atoms with van der Waals surface area (Å²) >= 11 is 0. The zero-order valence-electron chi connectivity index (χ0n) is 8.28. The number of carbonyl (C=O) groups is 1. The van der Waals surface area contributed by atoms with E-state index in [1.165, 1.54) is 0 Å². The van der Waals surface area contributed by atoms with E-state index in [1.54, 1.807) is 6.92 Å². The van der Waals surface area contributed by atoms with E-state index in [9.17, 15) is 4.79 Å². The van der Waals surface area contributed by atoms with Crippen molar-refractivity contribution >= 4 is 5.97 Å². The Hall–Kier alpha value is -1.43. The lowest BCUT2D eigenvalue weighted by atomic mass is 10.2. The second-order valence-corrected chi connectivity index (χ2v) is 2.78. The van der Waals surface area contributed by atoms with Crippen LogP contribution in [-0.4, -0.2) is 27.8 Å². The standard InChI is InChI=1S/C8H14N4O2/c1-3-5(9)6-10-7(12-11-6)8(13)14-4-2/h5H,3-4,9H2,1-2H3,(H,10,11,12). The normalized spacial score (nSPS) is 12.5. The molecular weight excluding hydrogens is 184 g/mol. The molecule has 0 bridgehead atoms. The largest absolute Gasteiger partial charge is 0.460 e. The Morgan fingerprint density at radius 2 is 2.36 bits per heavy atom. The molecule has 0 radical (unpaired) electrons. The van der Waals surface area contributed by atoms with Crippen molar-refractivity contribution in [2.45, 2.75) is 26.3 Å². The minimum absolute atomic E-state index is 0.0331. The second-order valence-electron chi connectivity index (χ2n) is 2.78. The van der Waals surface area contributed by atoms with Crippen LogP contribution < -0.4 is 5.73 Å². The van der Waals surface area contributed by atoms with Gasteiger partial charge in [-0.25, -0.2) is 9.78 Å². The molecule has 1 atom stereocenters. The van der Waals surface area contributed by atoms with Gasteiger partial charge in [-0.05, 0) is 13.3 Å². The fourth-order valence-electron chi connectivity index (χ4n) is 0.920. The Balaban J connectivity index is 2.72. The van der Waals surface area contributed by atoms with Gasteiger partial charge >= 0.3 is 5.97 Å². The molecular formula is C8H14N4O2. The van der Waals surface area contributed by atoms with Crippen LogP contribution in [0.25, 0.3) is 0 Å². The van der Waals surface area contributed by atoms with E-state index >= 15 is 0 Å². The first-order valence-corrected chi connectivity index (χ1v) is 4.54. The van der Waals surface area contributed by atoms with Crippen LogP contribution in [0.15, 0.2) is 0 Å². The number of nitrogens with zero attached hydrogens (tertiary/aromatic N) is 2. The maximum absolute atomic E-state index is 11.2. The molecule has 0 aliphatic rings. The first kappa shape index (κ1) is 10.6. The molecule has 0 saturated heterocycles. The Labute approximate surface area is 81.9 Å². The molecule has 1 aromatic heterocycles. The average Bonchev–Trinajstić information content (AvgIpc) is 2.66. The highest BCUT2D eigenvalue weighted by Crippen LogP contribution is 2.07. The minimum atomic E-state index is -0.529. The van der Waals surface area contributed by atoms with Gasteiger partial charge in [0.05, 0.1) is 12.6 Å². The van der Waals surface area contributed by atoms with Crippen LogP contribution in [0.4, 0.5) is 0 Å². The summed E-state index contributed by atoms with van der Waals surface area (Å²) in [6, 6.07) is -0.217. The number of nitrogens with one attached hydrogen (secondary N) is 1. The lowest BCUT2D eigenvalue weighted by molar-refractivity contribution is 0.0512. The van der Waals surface area contributed by atoms with Crippen molar-refractivity contribution in [3.8, 4) is 0 Å². The summed E-state index contributed by atoms with van der Waals surface area (Å²) in [5.74, 6) is 0.0135. The van der Waals surface area contributed by atoms with Crippen LogP contribution in [0.1, 0.15) is 42.8 Å². The number of H-pyrrole nitrogens is 1. The van der Waals surface area contributed by atoms with Crippen LogP contribution >= 0.6 is 0 Å². The van der Waals surface area contributed by atoms with E-state index < -0.39 is 5.97 Å². The topological polar surface area (TPSA) is 93.9 Å². The van der Waals surface area contributed by atoms with Gasteiger partial charge in [0.15, 0.2) is 0 Å². The van der Waals surface area contributed by atoms with Gasteiger partial charge in [-0.3, -0.25) is 5.10 Å². The number of hydrogen-bond acceptors (Lipinski definition) is 5. The van der Waals surface area contributed by atoms with Crippen LogP contribution in [0.5, 0.6) is 0 Å². The van der Waals surface area contributed by atoms with Crippen molar-refractivity contribution in [1.29, 1.82) is 0 Å². The van der Waals surface area contributed by atoms with Crippen molar-refractivity contribution in [3.63, 3.8) is 0 Å². The number of nitrogens with two attached hydrogens (primary N) is 1. The van der Waals surface area contributed by atoms with Crippen molar-refractivity contribution in [3.05, 3.63) is 11.6 Å². The van der Waals surface area contributed by atoms with E-state index in [4.69, 9.17) is 10.5 Å². The fraction of sp³-hybridized carbons (Fsp3) is 0.625. The lowest BCUT2D eigenvalue weighted by Crippen LogP contribution is -2.11. The minimum Gasteiger partial charge on any atom is -0.460 e. The van der Waals surface area contributed by atoms with Gasteiger partial charge in [-0.2, -0.15) is 0 Å². The number of rotatable bonds is 4. The molecule has 0 aromatic carbocycles. The monoisotopic (exact) mass is 198 g/mol. The second kappa shape index (κ2) is 4.71. The van der Waals surface area contributed by atoms with Crippen molar-refractivity contribution < 1.29 is 9.53 Å². The molecule has 0 spiro atoms. The molecule has 1 aromatic rings. The highest BCUT2D eigenvalue weighted by Gasteiger charge is 2.15. The summed E-state index contributed by atoms with van der Waals surface area (Å²) in [4.78, 5) is 15.1. The lowest BCUT2D eigenvalue weighted by Gasteiger charge is -2.01. The van der Waals surface area contributed by atoms with Gasteiger partial charge in [0, 0.05) is 0 Å². The summed E-state index contributed by atoms with van der Waals surface area (Å²) in [5.41, 5.74) is 5.70. The first-order valence-electron chi connectivity index (χ1n) is 4.54. The molecule has 0 saturated carbocycles. The van der Waals surface area contributed by atoms with Gasteiger partial charge < -0.3 is 10.5 Å². The van der Waals surface area contributed by atoms with E-state index in [0.717, 1.165) is 6.42 Å². The maximum Gasteiger partial charge on any atom is 0.378 e. The Morgan fingerprint density at radius 3 is 2.93 bits per heavy atom. The molecule has 0 aliphatic carbocycles. The molecule has 6 heteroatoms. The summed E-state index contributed by atoms with van der Waals surface area (Å²) in [7, 11) is 0. The van der Waals surface area contributed by atoms with Gasteiger partial charge in [0.1, 0.15) is 5.82 Å². The Bertz CT molecular complexity index is 310. The third-order valence-electron chi connectivity index (χ3n) is 1.75. The number of aromatic amines is 1. The molecule has 6 nitrogen and oxygen atoms in total. The van der Waals surface area contributed by atoms with Gasteiger partial charge in [0.25, 0.3) is 5.82 Å². The average molecular weight is 198 g/mol. The van der Waals surface area contributed by atoms with Crippen LogP contribution in [0.3, 0.4) is 0 Å². The molecule has 1 rings (SSSR count). The molecule has 78 valence electrons. The van der Waals surface area contributed by atoms with Crippen LogP contribution in [0.2, 0.25) is 0 Å². The molecule has 14 heavy (non-hydrogen) atoms. The smallest absolute Gasteiger partial charge is 0.378 e. The van der Waals surface area contributed by atoms with Crippen LogP contribution in [-0.2, 0) is 4.74 Å². The Kier molecular flexibility index (Phi) is 3.58. The molecule has 1 unspecified atom stereocenters. The zero-order valence-corrected chi connectivity index (χ0v) is 8.28. The number of hydrogen-bond donors (Lipinski definition) is 2. The molecule has 0 fully saturated rings. The molecule has 3 N–H and O–H groups in total.